The second-order valence-corrected chi connectivity index (χ2v) is 4.00. The Morgan fingerprint density at radius 3 is 2.40 bits per heavy atom. The van der Waals surface area contributed by atoms with Gasteiger partial charge in [-0.1, -0.05) is 32.0 Å². The first kappa shape index (κ1) is 12.1. The van der Waals surface area contributed by atoms with E-state index in [1.165, 1.54) is 0 Å². The fraction of sp³-hybridized carbons (Fsp3) is 0.538. The summed E-state index contributed by atoms with van der Waals surface area (Å²) >= 11 is 0. The number of hydrogen-bond acceptors (Lipinski definition) is 2. The summed E-state index contributed by atoms with van der Waals surface area (Å²) in [6.07, 6.45) is 2.09. The Bertz CT molecular complexity index is 298. The van der Waals surface area contributed by atoms with Crippen LogP contribution in [0.25, 0.3) is 0 Å². The molecule has 1 aromatic carbocycles. The van der Waals surface area contributed by atoms with Crippen molar-refractivity contribution in [3.05, 3.63) is 29.8 Å². The van der Waals surface area contributed by atoms with E-state index >= 15 is 0 Å². The molecule has 2 N–H and O–H groups in total. The number of phenolic OH excluding ortho intramolecular Hbond substituents is 1. The number of nitrogens with one attached hydrogen (secondary N) is 1. The molecule has 0 unspecified atom stereocenters. The van der Waals surface area contributed by atoms with E-state index in [9.17, 15) is 5.11 Å². The lowest BCUT2D eigenvalue weighted by molar-refractivity contribution is 0.410. The van der Waals surface area contributed by atoms with Gasteiger partial charge in [0.2, 0.25) is 0 Å². The van der Waals surface area contributed by atoms with Crippen LogP contribution in [0.15, 0.2) is 24.3 Å². The predicted octanol–water partition coefficient (Wildman–Crippen LogP) is 3.23. The van der Waals surface area contributed by atoms with Crippen LogP contribution in [0.4, 0.5) is 0 Å². The van der Waals surface area contributed by atoms with Crippen LogP contribution in [0.2, 0.25) is 0 Å². The molecular formula is C13H21NO. The summed E-state index contributed by atoms with van der Waals surface area (Å²) < 4.78 is 0. The number of aromatic hydroxyl groups is 1. The van der Waals surface area contributed by atoms with E-state index in [4.69, 9.17) is 0 Å². The molecule has 0 amide bonds. The first-order valence-electron chi connectivity index (χ1n) is 5.73. The lowest BCUT2D eigenvalue weighted by Gasteiger charge is -2.22. The van der Waals surface area contributed by atoms with Gasteiger partial charge < -0.3 is 10.4 Å². The van der Waals surface area contributed by atoms with Gasteiger partial charge >= 0.3 is 0 Å². The Kier molecular flexibility index (Phi) is 4.63. The van der Waals surface area contributed by atoms with Crippen LogP contribution in [-0.4, -0.2) is 11.1 Å². The molecule has 0 saturated heterocycles. The third-order valence-electron chi connectivity index (χ3n) is 2.82. The smallest absolute Gasteiger partial charge is 0.120 e. The summed E-state index contributed by atoms with van der Waals surface area (Å²) in [4.78, 5) is 0. The van der Waals surface area contributed by atoms with Crippen LogP contribution >= 0.6 is 0 Å². The molecule has 84 valence electrons. The molecule has 0 spiro atoms. The normalized spacial score (nSPS) is 14.9. The highest BCUT2D eigenvalue weighted by Gasteiger charge is 2.14. The maximum Gasteiger partial charge on any atom is 0.120 e. The standard InChI is InChI=1S/C13H21NO/c1-4-10(3)14-12(5-2)11-8-6-7-9-13(11)15/h6-10,12,14-15H,4-5H2,1-3H3/t10-,12-/m0/s1. The summed E-state index contributed by atoms with van der Waals surface area (Å²) in [6, 6.07) is 8.29. The lowest BCUT2D eigenvalue weighted by Crippen LogP contribution is -2.29. The third kappa shape index (κ3) is 3.24. The van der Waals surface area contributed by atoms with Crippen LogP contribution in [0.1, 0.15) is 45.2 Å². The molecule has 0 radical (unpaired) electrons. The van der Waals surface area contributed by atoms with Crippen molar-refractivity contribution in [3.8, 4) is 5.75 Å². The van der Waals surface area contributed by atoms with Crippen molar-refractivity contribution in [2.45, 2.75) is 45.7 Å². The van der Waals surface area contributed by atoms with Gasteiger partial charge in [-0.15, -0.1) is 0 Å². The average Bonchev–Trinajstić information content (AvgIpc) is 2.26. The molecule has 0 aliphatic rings. The second-order valence-electron chi connectivity index (χ2n) is 4.00. The van der Waals surface area contributed by atoms with Gasteiger partial charge in [-0.05, 0) is 25.8 Å². The number of hydrogen-bond donors (Lipinski definition) is 2. The predicted molar refractivity (Wildman–Crippen MR) is 64.0 cm³/mol. The van der Waals surface area contributed by atoms with E-state index in [1.54, 1.807) is 6.07 Å². The van der Waals surface area contributed by atoms with Gasteiger partial charge in [-0.3, -0.25) is 0 Å². The minimum atomic E-state index is 0.251. The Labute approximate surface area is 92.3 Å². The number of para-hydroxylation sites is 1. The summed E-state index contributed by atoms with van der Waals surface area (Å²) in [5, 5.41) is 13.3. The third-order valence-corrected chi connectivity index (χ3v) is 2.82. The van der Waals surface area contributed by atoms with E-state index in [-0.39, 0.29) is 6.04 Å². The van der Waals surface area contributed by atoms with E-state index in [0.717, 1.165) is 18.4 Å². The molecule has 2 atom stereocenters. The van der Waals surface area contributed by atoms with Crippen LogP contribution in [0.5, 0.6) is 5.75 Å². The van der Waals surface area contributed by atoms with Crippen molar-refractivity contribution < 1.29 is 5.11 Å². The SMILES string of the molecule is CC[C@H](N[C@@H](C)CC)c1ccccc1O. The van der Waals surface area contributed by atoms with Gasteiger partial charge in [0.1, 0.15) is 5.75 Å². The zero-order chi connectivity index (χ0) is 11.3. The second kappa shape index (κ2) is 5.76. The molecule has 15 heavy (non-hydrogen) atoms. The van der Waals surface area contributed by atoms with Gasteiger partial charge in [0.25, 0.3) is 0 Å². The van der Waals surface area contributed by atoms with Crippen LogP contribution in [-0.2, 0) is 0 Å². The first-order valence-corrected chi connectivity index (χ1v) is 5.73. The van der Waals surface area contributed by atoms with Crippen molar-refractivity contribution in [1.82, 2.24) is 5.32 Å². The molecular weight excluding hydrogens is 186 g/mol. The molecule has 0 aliphatic carbocycles. The van der Waals surface area contributed by atoms with E-state index in [2.05, 4.69) is 26.1 Å². The monoisotopic (exact) mass is 207 g/mol. The highest BCUT2D eigenvalue weighted by atomic mass is 16.3. The summed E-state index contributed by atoms with van der Waals surface area (Å²) in [5.74, 6) is 0.389. The molecule has 1 rings (SSSR count). The van der Waals surface area contributed by atoms with Crippen molar-refractivity contribution in [2.75, 3.05) is 0 Å². The molecule has 2 heteroatoms. The summed E-state index contributed by atoms with van der Waals surface area (Å²) in [5.41, 5.74) is 1.00. The van der Waals surface area contributed by atoms with Crippen LogP contribution in [0.3, 0.4) is 0 Å². The zero-order valence-corrected chi connectivity index (χ0v) is 9.83. The number of rotatable bonds is 5. The zero-order valence-electron chi connectivity index (χ0n) is 9.83. The highest BCUT2D eigenvalue weighted by Crippen LogP contribution is 2.26. The molecule has 0 aliphatic heterocycles. The van der Waals surface area contributed by atoms with Gasteiger partial charge in [0, 0.05) is 17.6 Å². The van der Waals surface area contributed by atoms with Crippen LogP contribution < -0.4 is 5.32 Å². The van der Waals surface area contributed by atoms with Gasteiger partial charge in [0.05, 0.1) is 0 Å². The Hall–Kier alpha value is -1.02. The van der Waals surface area contributed by atoms with Gasteiger partial charge in [0.15, 0.2) is 0 Å². The Morgan fingerprint density at radius 1 is 1.20 bits per heavy atom. The van der Waals surface area contributed by atoms with Crippen molar-refractivity contribution in [2.24, 2.45) is 0 Å². The first-order chi connectivity index (χ1) is 7.19. The summed E-state index contributed by atoms with van der Waals surface area (Å²) in [7, 11) is 0. The maximum atomic E-state index is 9.76. The molecule has 0 fully saturated rings. The average molecular weight is 207 g/mol. The van der Waals surface area contributed by atoms with Crippen molar-refractivity contribution in [3.63, 3.8) is 0 Å². The molecule has 0 saturated carbocycles. The van der Waals surface area contributed by atoms with E-state index in [1.807, 2.05) is 18.2 Å². The lowest BCUT2D eigenvalue weighted by atomic mass is 10.0. The van der Waals surface area contributed by atoms with E-state index in [0.29, 0.717) is 11.8 Å². The largest absolute Gasteiger partial charge is 0.508 e. The Balaban J connectivity index is 2.78. The quantitative estimate of drug-likeness (QED) is 0.777. The van der Waals surface area contributed by atoms with Gasteiger partial charge in [-0.25, -0.2) is 0 Å². The highest BCUT2D eigenvalue weighted by molar-refractivity contribution is 5.34. The Morgan fingerprint density at radius 2 is 1.87 bits per heavy atom. The van der Waals surface area contributed by atoms with Crippen molar-refractivity contribution >= 4 is 0 Å². The fourth-order valence-electron chi connectivity index (χ4n) is 1.67. The summed E-state index contributed by atoms with van der Waals surface area (Å²) in [6.45, 7) is 6.46. The van der Waals surface area contributed by atoms with Crippen molar-refractivity contribution in [1.29, 1.82) is 0 Å². The molecule has 0 bridgehead atoms. The molecule has 0 aromatic heterocycles. The molecule has 0 heterocycles. The number of benzene rings is 1. The topological polar surface area (TPSA) is 32.3 Å². The maximum absolute atomic E-state index is 9.76. The van der Waals surface area contributed by atoms with Crippen LogP contribution in [0, 0.1) is 0 Å². The van der Waals surface area contributed by atoms with Gasteiger partial charge in [-0.2, -0.15) is 0 Å². The molecule has 1 aromatic rings. The fourth-order valence-corrected chi connectivity index (χ4v) is 1.67. The molecule has 2 nitrogen and oxygen atoms in total. The van der Waals surface area contributed by atoms with E-state index < -0.39 is 0 Å². The minimum Gasteiger partial charge on any atom is -0.508 e. The minimum absolute atomic E-state index is 0.251. The number of phenols is 1.